The minimum atomic E-state index is -4.14. The largest absolute Gasteiger partial charge is 1.00 e. The first-order valence-corrected chi connectivity index (χ1v) is 13.0. The van der Waals surface area contributed by atoms with Crippen molar-refractivity contribution in [3.63, 3.8) is 0 Å². The van der Waals surface area contributed by atoms with Crippen molar-refractivity contribution in [1.82, 2.24) is 0 Å². The maximum absolute atomic E-state index is 11.4. The van der Waals surface area contributed by atoms with Gasteiger partial charge in [-0.1, -0.05) is 104 Å². The smallest absolute Gasteiger partial charge is 0.748 e. The molecule has 0 aromatic rings. The van der Waals surface area contributed by atoms with Crippen molar-refractivity contribution < 1.29 is 47.6 Å². The maximum Gasteiger partial charge on any atom is 1.00 e. The van der Waals surface area contributed by atoms with E-state index in [0.29, 0.717) is 12.8 Å². The van der Waals surface area contributed by atoms with E-state index in [-0.39, 0.29) is 35.7 Å². The second-order valence-electron chi connectivity index (χ2n) is 8.17. The molecule has 0 aliphatic rings. The SMILES string of the molecule is CCCCCCC(CCCCCCCCCCC(O)CCCC)S(=O)(=O)[O-].[Na+]. The molecule has 6 heteroatoms. The van der Waals surface area contributed by atoms with Crippen LogP contribution in [0.25, 0.3) is 0 Å². The maximum atomic E-state index is 11.4. The fraction of sp³-hybridized carbons (Fsp3) is 1.00. The molecule has 0 heterocycles. The van der Waals surface area contributed by atoms with E-state index in [2.05, 4.69) is 13.8 Å². The van der Waals surface area contributed by atoms with E-state index >= 15 is 0 Å². The predicted octanol–water partition coefficient (Wildman–Crippen LogP) is 3.33. The Labute approximate surface area is 197 Å². The van der Waals surface area contributed by atoms with Crippen LogP contribution in [0.2, 0.25) is 0 Å². The molecule has 164 valence electrons. The molecule has 28 heavy (non-hydrogen) atoms. The van der Waals surface area contributed by atoms with E-state index in [1.165, 1.54) is 25.7 Å². The molecule has 0 rings (SSSR count). The molecule has 0 aliphatic heterocycles. The second kappa shape index (κ2) is 21.1. The Bertz CT molecular complexity index is 415. The molecule has 4 nitrogen and oxygen atoms in total. The fourth-order valence-corrected chi connectivity index (χ4v) is 4.54. The van der Waals surface area contributed by atoms with Crippen molar-refractivity contribution in [2.24, 2.45) is 0 Å². The summed E-state index contributed by atoms with van der Waals surface area (Å²) < 4.78 is 34.2. The van der Waals surface area contributed by atoms with E-state index in [9.17, 15) is 18.1 Å². The molecular formula is C22H45NaO4S. The Balaban J connectivity index is 0. The minimum Gasteiger partial charge on any atom is -0.748 e. The van der Waals surface area contributed by atoms with Gasteiger partial charge in [-0.3, -0.25) is 0 Å². The molecule has 0 saturated carbocycles. The number of aliphatic hydroxyl groups is 1. The van der Waals surface area contributed by atoms with Crippen molar-refractivity contribution in [1.29, 1.82) is 0 Å². The molecule has 0 spiro atoms. The van der Waals surface area contributed by atoms with Gasteiger partial charge in [0.15, 0.2) is 0 Å². The number of hydrogen-bond acceptors (Lipinski definition) is 4. The summed E-state index contributed by atoms with van der Waals surface area (Å²) in [5, 5.41) is 9.13. The van der Waals surface area contributed by atoms with Gasteiger partial charge in [0.25, 0.3) is 0 Å². The third-order valence-corrected chi connectivity index (χ3v) is 6.78. The van der Waals surface area contributed by atoms with Crippen LogP contribution < -0.4 is 29.6 Å². The van der Waals surface area contributed by atoms with E-state index in [4.69, 9.17) is 0 Å². The molecule has 0 bridgehead atoms. The molecule has 2 atom stereocenters. The van der Waals surface area contributed by atoms with Gasteiger partial charge in [0.05, 0.1) is 16.2 Å². The average molecular weight is 429 g/mol. The molecule has 0 radical (unpaired) electrons. The van der Waals surface area contributed by atoms with Crippen LogP contribution in [0.15, 0.2) is 0 Å². The van der Waals surface area contributed by atoms with Crippen molar-refractivity contribution in [3.8, 4) is 0 Å². The number of hydrogen-bond donors (Lipinski definition) is 1. The summed E-state index contributed by atoms with van der Waals surface area (Å²) in [7, 11) is -4.14. The summed E-state index contributed by atoms with van der Waals surface area (Å²) in [4.78, 5) is 0. The average Bonchev–Trinajstić information content (AvgIpc) is 2.62. The summed E-state index contributed by atoms with van der Waals surface area (Å²) in [6.07, 6.45) is 18.1. The molecule has 0 aromatic heterocycles. The van der Waals surface area contributed by atoms with Gasteiger partial charge in [0.1, 0.15) is 0 Å². The van der Waals surface area contributed by atoms with Gasteiger partial charge in [0.2, 0.25) is 0 Å². The Hall–Kier alpha value is 0.870. The van der Waals surface area contributed by atoms with Crippen LogP contribution >= 0.6 is 0 Å². The number of aliphatic hydroxyl groups excluding tert-OH is 1. The van der Waals surface area contributed by atoms with Crippen molar-refractivity contribution in [2.75, 3.05) is 0 Å². The van der Waals surface area contributed by atoms with Crippen LogP contribution in [0.1, 0.15) is 129 Å². The third kappa shape index (κ3) is 20.2. The molecule has 0 amide bonds. The fourth-order valence-electron chi connectivity index (χ4n) is 3.63. The van der Waals surface area contributed by atoms with Gasteiger partial charge < -0.3 is 9.66 Å². The van der Waals surface area contributed by atoms with Gasteiger partial charge in [-0.15, -0.1) is 0 Å². The quantitative estimate of drug-likeness (QED) is 0.183. The van der Waals surface area contributed by atoms with Crippen LogP contribution in [0.3, 0.4) is 0 Å². The number of rotatable bonds is 20. The first-order chi connectivity index (χ1) is 12.9. The van der Waals surface area contributed by atoms with Gasteiger partial charge >= 0.3 is 29.6 Å². The third-order valence-electron chi connectivity index (χ3n) is 5.49. The molecule has 2 unspecified atom stereocenters. The zero-order valence-electron chi connectivity index (χ0n) is 19.0. The van der Waals surface area contributed by atoms with Crippen LogP contribution in [0.5, 0.6) is 0 Å². The number of unbranched alkanes of at least 4 members (excludes halogenated alkanes) is 11. The Kier molecular flexibility index (Phi) is 23.4. The van der Waals surface area contributed by atoms with Crippen LogP contribution in [-0.2, 0) is 10.1 Å². The molecule has 0 aromatic carbocycles. The van der Waals surface area contributed by atoms with E-state index < -0.39 is 15.4 Å². The van der Waals surface area contributed by atoms with E-state index in [1.807, 2.05) is 0 Å². The summed E-state index contributed by atoms with van der Waals surface area (Å²) in [5.41, 5.74) is 0. The summed E-state index contributed by atoms with van der Waals surface area (Å²) >= 11 is 0. The Morgan fingerprint density at radius 2 is 1.00 bits per heavy atom. The normalized spacial score (nSPS) is 13.9. The van der Waals surface area contributed by atoms with Crippen molar-refractivity contribution in [3.05, 3.63) is 0 Å². The zero-order valence-corrected chi connectivity index (χ0v) is 21.8. The van der Waals surface area contributed by atoms with E-state index in [0.717, 1.165) is 77.0 Å². The minimum absolute atomic E-state index is 0. The first kappa shape index (κ1) is 31.1. The molecule has 1 N–H and O–H groups in total. The Morgan fingerprint density at radius 1 is 0.643 bits per heavy atom. The topological polar surface area (TPSA) is 77.4 Å². The Morgan fingerprint density at radius 3 is 1.43 bits per heavy atom. The molecule has 0 saturated heterocycles. The van der Waals surface area contributed by atoms with Crippen LogP contribution in [-0.4, -0.2) is 29.4 Å². The van der Waals surface area contributed by atoms with Gasteiger partial charge in [-0.05, 0) is 25.7 Å². The van der Waals surface area contributed by atoms with Crippen LogP contribution in [0.4, 0.5) is 0 Å². The van der Waals surface area contributed by atoms with Gasteiger partial charge in [-0.2, -0.15) is 0 Å². The predicted molar refractivity (Wildman–Crippen MR) is 114 cm³/mol. The summed E-state index contributed by atoms with van der Waals surface area (Å²) in [6.45, 7) is 4.28. The van der Waals surface area contributed by atoms with E-state index in [1.54, 1.807) is 0 Å². The monoisotopic (exact) mass is 428 g/mol. The van der Waals surface area contributed by atoms with Crippen LogP contribution in [0, 0.1) is 0 Å². The standard InChI is InChI=1S/C22H46O4S.Na/c1-3-5-7-15-19-22(27(24,25)26)20-16-13-11-9-8-10-12-14-18-21(23)17-6-4-2;/h21-23H,3-20H2,1-2H3,(H,24,25,26);/q;+1/p-1. The van der Waals surface area contributed by atoms with Crippen molar-refractivity contribution >= 4 is 10.1 Å². The van der Waals surface area contributed by atoms with Gasteiger partial charge in [-0.25, -0.2) is 8.42 Å². The zero-order chi connectivity index (χ0) is 20.4. The first-order valence-electron chi connectivity index (χ1n) is 11.5. The molecule has 0 aliphatic carbocycles. The molecule has 0 fully saturated rings. The molecular weight excluding hydrogens is 383 g/mol. The second-order valence-corrected chi connectivity index (χ2v) is 9.82. The summed E-state index contributed by atoms with van der Waals surface area (Å²) in [6, 6.07) is 0. The van der Waals surface area contributed by atoms with Gasteiger partial charge in [0, 0.05) is 5.25 Å². The van der Waals surface area contributed by atoms with Crippen molar-refractivity contribution in [2.45, 2.75) is 141 Å². The summed E-state index contributed by atoms with van der Waals surface area (Å²) in [5.74, 6) is 0.